The fourth-order valence-corrected chi connectivity index (χ4v) is 3.17. The zero-order valence-electron chi connectivity index (χ0n) is 10.8. The Balaban J connectivity index is 2.03. The average molecular weight is 310 g/mol. The van der Waals surface area contributed by atoms with Gasteiger partial charge in [-0.15, -0.1) is 10.2 Å². The molecule has 1 aromatic carbocycles. The number of rotatable bonds is 2. The third-order valence-electron chi connectivity index (χ3n) is 3.23. The number of aromatic nitrogens is 2. The molecular formula is C13H12ClN3O2S. The minimum absolute atomic E-state index is 0.181. The van der Waals surface area contributed by atoms with Gasteiger partial charge >= 0.3 is 0 Å². The summed E-state index contributed by atoms with van der Waals surface area (Å²) in [5.74, 6) is 0.519. The molecule has 1 aromatic heterocycles. The Morgan fingerprint density at radius 1 is 1.45 bits per heavy atom. The van der Waals surface area contributed by atoms with Crippen LogP contribution in [0.1, 0.15) is 21.8 Å². The molecular weight excluding hydrogens is 298 g/mol. The predicted molar refractivity (Wildman–Crippen MR) is 77.9 cm³/mol. The van der Waals surface area contributed by atoms with Gasteiger partial charge in [0.1, 0.15) is 5.75 Å². The molecule has 0 saturated heterocycles. The molecule has 0 bridgehead atoms. The second-order valence-electron chi connectivity index (χ2n) is 4.39. The van der Waals surface area contributed by atoms with Crippen LogP contribution in [0.25, 0.3) is 0 Å². The summed E-state index contributed by atoms with van der Waals surface area (Å²) in [6.45, 7) is 0.642. The van der Waals surface area contributed by atoms with Gasteiger partial charge in [0.15, 0.2) is 0 Å². The fraction of sp³-hybridized carbons (Fsp3) is 0.308. The number of halogens is 1. The van der Waals surface area contributed by atoms with Crippen molar-refractivity contribution in [1.82, 2.24) is 10.2 Å². The van der Waals surface area contributed by atoms with E-state index in [2.05, 4.69) is 10.2 Å². The minimum atomic E-state index is -0.181. The molecule has 0 atom stereocenters. The zero-order chi connectivity index (χ0) is 14.1. The number of anilines is 1. The number of carbonyl (C=O) groups is 1. The topological polar surface area (TPSA) is 55.3 Å². The van der Waals surface area contributed by atoms with Gasteiger partial charge in [0.2, 0.25) is 9.47 Å². The molecule has 0 saturated carbocycles. The number of para-hydroxylation sites is 1. The first kappa shape index (κ1) is 13.3. The Labute approximate surface area is 125 Å². The average Bonchev–Trinajstić information content (AvgIpc) is 2.91. The third-order valence-corrected chi connectivity index (χ3v) is 4.24. The smallest absolute Gasteiger partial charge is 0.289 e. The number of hydrogen-bond acceptors (Lipinski definition) is 5. The van der Waals surface area contributed by atoms with Crippen LogP contribution in [0.4, 0.5) is 5.69 Å². The van der Waals surface area contributed by atoms with Crippen molar-refractivity contribution >= 4 is 34.5 Å². The van der Waals surface area contributed by atoms with Gasteiger partial charge in [-0.3, -0.25) is 4.79 Å². The number of methoxy groups -OCH3 is 1. The highest BCUT2D eigenvalue weighted by molar-refractivity contribution is 7.17. The van der Waals surface area contributed by atoms with Crippen molar-refractivity contribution < 1.29 is 9.53 Å². The van der Waals surface area contributed by atoms with Crippen LogP contribution >= 0.6 is 22.9 Å². The summed E-state index contributed by atoms with van der Waals surface area (Å²) < 4.78 is 5.65. The first-order valence-electron chi connectivity index (χ1n) is 6.17. The minimum Gasteiger partial charge on any atom is -0.495 e. The molecule has 0 unspecified atom stereocenters. The Morgan fingerprint density at radius 3 is 3.00 bits per heavy atom. The van der Waals surface area contributed by atoms with E-state index in [0.29, 0.717) is 17.3 Å². The number of fused-ring (bicyclic) bond motifs is 1. The number of carbonyl (C=O) groups excluding carboxylic acids is 1. The number of nitrogens with zero attached hydrogens (tertiary/aromatic N) is 3. The van der Waals surface area contributed by atoms with Crippen LogP contribution in [0.15, 0.2) is 18.2 Å². The van der Waals surface area contributed by atoms with Crippen LogP contribution in [0.3, 0.4) is 0 Å². The lowest BCUT2D eigenvalue weighted by Crippen LogP contribution is -2.35. The largest absolute Gasteiger partial charge is 0.495 e. The molecule has 0 N–H and O–H groups in total. The van der Waals surface area contributed by atoms with Crippen molar-refractivity contribution in [2.24, 2.45) is 0 Å². The molecule has 2 heterocycles. The van der Waals surface area contributed by atoms with E-state index in [9.17, 15) is 4.79 Å². The zero-order valence-corrected chi connectivity index (χ0v) is 12.4. The molecule has 0 fully saturated rings. The van der Waals surface area contributed by atoms with Crippen molar-refractivity contribution in [3.05, 3.63) is 33.2 Å². The van der Waals surface area contributed by atoms with E-state index in [4.69, 9.17) is 16.3 Å². The summed E-state index contributed by atoms with van der Waals surface area (Å²) in [5.41, 5.74) is 1.94. The lowest BCUT2D eigenvalue weighted by Gasteiger charge is -2.30. The lowest BCUT2D eigenvalue weighted by atomic mass is 10.0. The number of hydrogen-bond donors (Lipinski definition) is 0. The molecule has 20 heavy (non-hydrogen) atoms. The van der Waals surface area contributed by atoms with E-state index in [-0.39, 0.29) is 10.4 Å². The summed E-state index contributed by atoms with van der Waals surface area (Å²) in [4.78, 5) is 14.3. The Morgan fingerprint density at radius 2 is 2.30 bits per heavy atom. The molecule has 2 aromatic rings. The molecule has 5 nitrogen and oxygen atoms in total. The highest BCUT2D eigenvalue weighted by atomic mass is 35.5. The van der Waals surface area contributed by atoms with Crippen LogP contribution < -0.4 is 9.64 Å². The van der Waals surface area contributed by atoms with Gasteiger partial charge < -0.3 is 9.64 Å². The van der Waals surface area contributed by atoms with Crippen LogP contribution in [0.5, 0.6) is 5.75 Å². The SMILES string of the molecule is COc1cccc2c1N(C(=O)c1nnc(Cl)s1)CCC2. The summed E-state index contributed by atoms with van der Waals surface area (Å²) >= 11 is 6.84. The summed E-state index contributed by atoms with van der Waals surface area (Å²) in [5, 5.41) is 7.81. The normalized spacial score (nSPS) is 14.0. The third kappa shape index (κ3) is 2.25. The first-order valence-corrected chi connectivity index (χ1v) is 7.37. The molecule has 1 amide bonds. The van der Waals surface area contributed by atoms with Gasteiger partial charge in [-0.2, -0.15) is 0 Å². The van der Waals surface area contributed by atoms with E-state index < -0.39 is 0 Å². The lowest BCUT2D eigenvalue weighted by molar-refractivity contribution is 0.0983. The van der Waals surface area contributed by atoms with Crippen LogP contribution in [0.2, 0.25) is 4.47 Å². The van der Waals surface area contributed by atoms with E-state index in [1.807, 2.05) is 18.2 Å². The van der Waals surface area contributed by atoms with Gasteiger partial charge in [0, 0.05) is 6.54 Å². The van der Waals surface area contributed by atoms with E-state index >= 15 is 0 Å². The van der Waals surface area contributed by atoms with Gasteiger partial charge in [-0.1, -0.05) is 23.5 Å². The maximum Gasteiger partial charge on any atom is 0.289 e. The summed E-state index contributed by atoms with van der Waals surface area (Å²) in [6, 6.07) is 5.81. The maximum atomic E-state index is 12.6. The highest BCUT2D eigenvalue weighted by Crippen LogP contribution is 2.37. The van der Waals surface area contributed by atoms with Gasteiger partial charge in [-0.05, 0) is 36.1 Å². The Bertz CT molecular complexity index is 645. The molecule has 0 aliphatic carbocycles. The summed E-state index contributed by atoms with van der Waals surface area (Å²) in [6.07, 6.45) is 1.85. The quantitative estimate of drug-likeness (QED) is 0.856. The van der Waals surface area contributed by atoms with Crippen molar-refractivity contribution in [1.29, 1.82) is 0 Å². The number of aryl methyl sites for hydroxylation is 1. The molecule has 3 rings (SSSR count). The van der Waals surface area contributed by atoms with Crippen molar-refractivity contribution in [2.75, 3.05) is 18.6 Å². The van der Waals surface area contributed by atoms with Crippen molar-refractivity contribution in [3.8, 4) is 5.75 Å². The molecule has 104 valence electrons. The Hall–Kier alpha value is -1.66. The molecule has 1 aliphatic heterocycles. The molecule has 7 heteroatoms. The van der Waals surface area contributed by atoms with Gasteiger partial charge in [-0.25, -0.2) is 0 Å². The number of benzene rings is 1. The molecule has 0 radical (unpaired) electrons. The monoisotopic (exact) mass is 309 g/mol. The van der Waals surface area contributed by atoms with Crippen molar-refractivity contribution in [3.63, 3.8) is 0 Å². The highest BCUT2D eigenvalue weighted by Gasteiger charge is 2.28. The van der Waals surface area contributed by atoms with E-state index in [0.717, 1.165) is 35.4 Å². The summed E-state index contributed by atoms with van der Waals surface area (Å²) in [7, 11) is 1.61. The number of ether oxygens (including phenoxy) is 1. The fourth-order valence-electron chi connectivity index (χ4n) is 2.39. The van der Waals surface area contributed by atoms with Gasteiger partial charge in [0.05, 0.1) is 12.8 Å². The van der Waals surface area contributed by atoms with Crippen LogP contribution in [0, 0.1) is 0 Å². The second-order valence-corrected chi connectivity index (χ2v) is 5.95. The standard InChI is InChI=1S/C13H12ClN3O2S/c1-19-9-6-2-4-8-5-3-7-17(10(8)9)12(18)11-15-16-13(14)20-11/h2,4,6H,3,5,7H2,1H3. The number of amides is 1. The van der Waals surface area contributed by atoms with E-state index in [1.54, 1.807) is 12.0 Å². The van der Waals surface area contributed by atoms with Crippen LogP contribution in [-0.4, -0.2) is 29.8 Å². The Kier molecular flexibility index (Phi) is 3.58. The maximum absolute atomic E-state index is 12.6. The molecule has 0 spiro atoms. The predicted octanol–water partition coefficient (Wildman–Crippen LogP) is 2.79. The molecule has 1 aliphatic rings. The van der Waals surface area contributed by atoms with Crippen LogP contribution in [-0.2, 0) is 6.42 Å². The first-order chi connectivity index (χ1) is 9.70. The second kappa shape index (κ2) is 5.38. The van der Waals surface area contributed by atoms with E-state index in [1.165, 1.54) is 0 Å². The van der Waals surface area contributed by atoms with Crippen molar-refractivity contribution in [2.45, 2.75) is 12.8 Å². The van der Waals surface area contributed by atoms with Gasteiger partial charge in [0.25, 0.3) is 5.91 Å².